The number of carbonyl (C=O) groups is 1. The van der Waals surface area contributed by atoms with Gasteiger partial charge in [-0.25, -0.2) is 4.79 Å². The summed E-state index contributed by atoms with van der Waals surface area (Å²) in [5, 5.41) is 0. The standard InChI is InChI=1S/C11H14O3/c1-7(2)14-11(12)10-9-5-3-4-8(9)6-13-10/h6-7H,3-5H2,1-2H3. The van der Waals surface area contributed by atoms with Crippen LogP contribution in [0.2, 0.25) is 0 Å². The number of hydrogen-bond acceptors (Lipinski definition) is 3. The molecule has 3 nitrogen and oxygen atoms in total. The summed E-state index contributed by atoms with van der Waals surface area (Å²) in [6, 6.07) is 0. The first-order valence-corrected chi connectivity index (χ1v) is 4.98. The van der Waals surface area contributed by atoms with Gasteiger partial charge in [0.15, 0.2) is 0 Å². The summed E-state index contributed by atoms with van der Waals surface area (Å²) in [6.07, 6.45) is 4.66. The SMILES string of the molecule is CC(C)OC(=O)c1occ2c1CCC2. The molecule has 14 heavy (non-hydrogen) atoms. The maximum atomic E-state index is 11.6. The Morgan fingerprint density at radius 1 is 1.50 bits per heavy atom. The highest BCUT2D eigenvalue weighted by Crippen LogP contribution is 2.27. The lowest BCUT2D eigenvalue weighted by Gasteiger charge is -2.06. The molecule has 1 heterocycles. The van der Waals surface area contributed by atoms with Gasteiger partial charge in [-0.05, 0) is 38.7 Å². The van der Waals surface area contributed by atoms with Gasteiger partial charge in [-0.2, -0.15) is 0 Å². The van der Waals surface area contributed by atoms with Crippen LogP contribution in [0, 0.1) is 0 Å². The van der Waals surface area contributed by atoms with Crippen LogP contribution in [0.15, 0.2) is 10.7 Å². The zero-order valence-electron chi connectivity index (χ0n) is 8.50. The molecule has 76 valence electrons. The molecule has 2 rings (SSSR count). The third-order valence-electron chi connectivity index (χ3n) is 2.38. The molecule has 0 saturated carbocycles. The minimum atomic E-state index is -0.330. The molecule has 0 bridgehead atoms. The fourth-order valence-corrected chi connectivity index (χ4v) is 1.80. The van der Waals surface area contributed by atoms with Crippen LogP contribution in [0.25, 0.3) is 0 Å². The van der Waals surface area contributed by atoms with E-state index in [-0.39, 0.29) is 12.1 Å². The van der Waals surface area contributed by atoms with Gasteiger partial charge in [0, 0.05) is 5.56 Å². The van der Waals surface area contributed by atoms with Gasteiger partial charge in [0.05, 0.1) is 12.4 Å². The number of carbonyl (C=O) groups excluding carboxylic acids is 1. The van der Waals surface area contributed by atoms with E-state index < -0.39 is 0 Å². The highest BCUT2D eigenvalue weighted by Gasteiger charge is 2.24. The van der Waals surface area contributed by atoms with E-state index in [4.69, 9.17) is 9.15 Å². The molecule has 0 spiro atoms. The van der Waals surface area contributed by atoms with Crippen LogP contribution in [0.4, 0.5) is 0 Å². The molecule has 0 atom stereocenters. The fraction of sp³-hybridized carbons (Fsp3) is 0.545. The topological polar surface area (TPSA) is 39.4 Å². The van der Waals surface area contributed by atoms with E-state index in [2.05, 4.69) is 0 Å². The van der Waals surface area contributed by atoms with Crippen molar-refractivity contribution in [2.45, 2.75) is 39.2 Å². The van der Waals surface area contributed by atoms with E-state index >= 15 is 0 Å². The quantitative estimate of drug-likeness (QED) is 0.678. The van der Waals surface area contributed by atoms with Crippen LogP contribution in [-0.2, 0) is 17.6 Å². The predicted octanol–water partition coefficient (Wildman–Crippen LogP) is 2.33. The van der Waals surface area contributed by atoms with Gasteiger partial charge in [0.2, 0.25) is 5.76 Å². The number of ether oxygens (including phenoxy) is 1. The van der Waals surface area contributed by atoms with Gasteiger partial charge >= 0.3 is 5.97 Å². The van der Waals surface area contributed by atoms with Crippen LogP contribution in [0.3, 0.4) is 0 Å². The van der Waals surface area contributed by atoms with Gasteiger partial charge in [0.1, 0.15) is 0 Å². The number of fused-ring (bicyclic) bond motifs is 1. The zero-order chi connectivity index (χ0) is 10.1. The Balaban J connectivity index is 2.20. The molecule has 0 aliphatic heterocycles. The van der Waals surface area contributed by atoms with Crippen molar-refractivity contribution in [3.05, 3.63) is 23.2 Å². The molecular weight excluding hydrogens is 180 g/mol. The summed E-state index contributed by atoms with van der Waals surface area (Å²) in [5.41, 5.74) is 2.22. The predicted molar refractivity (Wildman–Crippen MR) is 51.3 cm³/mol. The molecule has 0 radical (unpaired) electrons. The van der Waals surface area contributed by atoms with Crippen LogP contribution >= 0.6 is 0 Å². The summed E-state index contributed by atoms with van der Waals surface area (Å²) in [4.78, 5) is 11.6. The van der Waals surface area contributed by atoms with Crippen molar-refractivity contribution in [3.8, 4) is 0 Å². The van der Waals surface area contributed by atoms with Crippen molar-refractivity contribution in [1.29, 1.82) is 0 Å². The van der Waals surface area contributed by atoms with E-state index in [1.165, 1.54) is 5.56 Å². The second kappa shape index (κ2) is 3.48. The largest absolute Gasteiger partial charge is 0.457 e. The number of rotatable bonds is 2. The fourth-order valence-electron chi connectivity index (χ4n) is 1.80. The molecule has 1 aromatic heterocycles. The van der Waals surface area contributed by atoms with Crippen LogP contribution in [0.5, 0.6) is 0 Å². The maximum absolute atomic E-state index is 11.6. The second-order valence-electron chi connectivity index (χ2n) is 3.88. The molecule has 1 aliphatic rings. The van der Waals surface area contributed by atoms with Gasteiger partial charge in [-0.15, -0.1) is 0 Å². The Bertz CT molecular complexity index is 349. The third-order valence-corrected chi connectivity index (χ3v) is 2.38. The summed E-state index contributed by atoms with van der Waals surface area (Å²) in [5.74, 6) is 0.0781. The Morgan fingerprint density at radius 2 is 2.29 bits per heavy atom. The normalized spacial score (nSPS) is 14.5. The molecule has 0 saturated heterocycles. The lowest BCUT2D eigenvalue weighted by Crippen LogP contribution is -2.12. The van der Waals surface area contributed by atoms with E-state index in [9.17, 15) is 4.79 Å². The van der Waals surface area contributed by atoms with Gasteiger partial charge in [-0.3, -0.25) is 0 Å². The number of esters is 1. The van der Waals surface area contributed by atoms with Crippen molar-refractivity contribution in [3.63, 3.8) is 0 Å². The maximum Gasteiger partial charge on any atom is 0.374 e. The van der Waals surface area contributed by atoms with Crippen LogP contribution in [0.1, 0.15) is 41.9 Å². The molecule has 3 heteroatoms. The van der Waals surface area contributed by atoms with E-state index in [0.29, 0.717) is 5.76 Å². The molecule has 0 fully saturated rings. The first-order chi connectivity index (χ1) is 6.68. The smallest absolute Gasteiger partial charge is 0.374 e. The van der Waals surface area contributed by atoms with E-state index in [0.717, 1.165) is 24.8 Å². The van der Waals surface area contributed by atoms with Crippen LogP contribution < -0.4 is 0 Å². The van der Waals surface area contributed by atoms with Crippen LogP contribution in [-0.4, -0.2) is 12.1 Å². The van der Waals surface area contributed by atoms with E-state index in [1.807, 2.05) is 13.8 Å². The van der Waals surface area contributed by atoms with Gasteiger partial charge < -0.3 is 9.15 Å². The number of furan rings is 1. The first-order valence-electron chi connectivity index (χ1n) is 4.98. The molecule has 0 aromatic carbocycles. The highest BCUT2D eigenvalue weighted by molar-refractivity contribution is 5.88. The van der Waals surface area contributed by atoms with Crippen molar-refractivity contribution in [2.24, 2.45) is 0 Å². The number of hydrogen-bond donors (Lipinski definition) is 0. The number of aryl methyl sites for hydroxylation is 1. The average Bonchev–Trinajstić information content (AvgIpc) is 2.59. The lowest BCUT2D eigenvalue weighted by molar-refractivity contribution is 0.0339. The molecule has 0 N–H and O–H groups in total. The van der Waals surface area contributed by atoms with Crippen molar-refractivity contribution in [2.75, 3.05) is 0 Å². The molecule has 0 amide bonds. The summed E-state index contributed by atoms with van der Waals surface area (Å²) in [7, 11) is 0. The van der Waals surface area contributed by atoms with Gasteiger partial charge in [-0.1, -0.05) is 0 Å². The first kappa shape index (κ1) is 9.31. The summed E-state index contributed by atoms with van der Waals surface area (Å²) in [6.45, 7) is 3.67. The van der Waals surface area contributed by atoms with E-state index in [1.54, 1.807) is 6.26 Å². The molecule has 1 aromatic rings. The Labute approximate surface area is 83.0 Å². The van der Waals surface area contributed by atoms with Crippen molar-refractivity contribution >= 4 is 5.97 Å². The molecule has 0 unspecified atom stereocenters. The van der Waals surface area contributed by atoms with Gasteiger partial charge in [0.25, 0.3) is 0 Å². The minimum absolute atomic E-state index is 0.0929. The summed E-state index contributed by atoms with van der Waals surface area (Å²) < 4.78 is 10.3. The van der Waals surface area contributed by atoms with Crippen molar-refractivity contribution < 1.29 is 13.9 Å². The zero-order valence-corrected chi connectivity index (χ0v) is 8.50. The molecule has 1 aliphatic carbocycles. The average molecular weight is 194 g/mol. The summed E-state index contributed by atoms with van der Waals surface area (Å²) >= 11 is 0. The highest BCUT2D eigenvalue weighted by atomic mass is 16.6. The monoisotopic (exact) mass is 194 g/mol. The molecular formula is C11H14O3. The van der Waals surface area contributed by atoms with Crippen molar-refractivity contribution in [1.82, 2.24) is 0 Å². The second-order valence-corrected chi connectivity index (χ2v) is 3.88. The Hall–Kier alpha value is -1.25. The third kappa shape index (κ3) is 1.54. The Kier molecular flexibility index (Phi) is 2.32. The minimum Gasteiger partial charge on any atom is -0.457 e. The Morgan fingerprint density at radius 3 is 3.00 bits per heavy atom. The lowest BCUT2D eigenvalue weighted by atomic mass is 10.2.